The van der Waals surface area contributed by atoms with E-state index in [9.17, 15) is 14.7 Å². The van der Waals surface area contributed by atoms with E-state index in [1.807, 2.05) is 66.6 Å². The molecule has 0 fully saturated rings. The molecular formula is C26H35N3O3. The second kappa shape index (κ2) is 8.49. The molecule has 1 atom stereocenters. The van der Waals surface area contributed by atoms with E-state index in [2.05, 4.69) is 17.4 Å². The molecule has 0 aromatic heterocycles. The zero-order chi connectivity index (χ0) is 24.0. The molecule has 0 aliphatic carbocycles. The van der Waals surface area contributed by atoms with Gasteiger partial charge in [-0.25, -0.2) is 0 Å². The molecule has 0 bridgehead atoms. The van der Waals surface area contributed by atoms with Crippen molar-refractivity contribution in [2.24, 2.45) is 5.41 Å². The van der Waals surface area contributed by atoms with Crippen molar-refractivity contribution < 1.29 is 14.7 Å². The third-order valence-electron chi connectivity index (χ3n) is 6.36. The van der Waals surface area contributed by atoms with Crippen LogP contribution in [-0.2, 0) is 22.6 Å². The van der Waals surface area contributed by atoms with E-state index in [4.69, 9.17) is 0 Å². The second-order valence-corrected chi connectivity index (χ2v) is 10.1. The number of hydrogen-bond donors (Lipinski definition) is 2. The Kier molecular flexibility index (Phi) is 6.27. The number of hydrogen-bond acceptors (Lipinski definition) is 4. The maximum Gasteiger partial charge on any atom is 0.247 e. The number of carbonyl (C=O) groups is 2. The normalized spacial score (nSPS) is 15.9. The summed E-state index contributed by atoms with van der Waals surface area (Å²) in [5.74, 6) is -0.0146. The number of nitrogens with one attached hydrogen (secondary N) is 1. The molecule has 3 rings (SSSR count). The van der Waals surface area contributed by atoms with Crippen molar-refractivity contribution in [2.45, 2.75) is 60.5 Å². The Balaban J connectivity index is 1.98. The Morgan fingerprint density at radius 2 is 1.72 bits per heavy atom. The first-order valence-electron chi connectivity index (χ1n) is 11.0. The van der Waals surface area contributed by atoms with Crippen molar-refractivity contribution in [1.82, 2.24) is 4.90 Å². The van der Waals surface area contributed by atoms with Crippen LogP contribution in [-0.4, -0.2) is 42.0 Å². The van der Waals surface area contributed by atoms with Crippen LogP contribution >= 0.6 is 0 Å². The van der Waals surface area contributed by atoms with Crippen molar-refractivity contribution in [1.29, 1.82) is 0 Å². The van der Waals surface area contributed by atoms with E-state index in [-0.39, 0.29) is 17.6 Å². The van der Waals surface area contributed by atoms with Crippen LogP contribution in [0.2, 0.25) is 0 Å². The van der Waals surface area contributed by atoms with Gasteiger partial charge in [0.2, 0.25) is 11.8 Å². The summed E-state index contributed by atoms with van der Waals surface area (Å²) >= 11 is 0. The highest BCUT2D eigenvalue weighted by molar-refractivity contribution is 5.99. The minimum Gasteiger partial charge on any atom is -0.507 e. The Morgan fingerprint density at radius 3 is 2.31 bits per heavy atom. The third kappa shape index (κ3) is 4.45. The fourth-order valence-corrected chi connectivity index (χ4v) is 4.14. The molecule has 2 amide bonds. The van der Waals surface area contributed by atoms with Gasteiger partial charge in [-0.2, -0.15) is 0 Å². The monoisotopic (exact) mass is 437 g/mol. The van der Waals surface area contributed by atoms with Gasteiger partial charge in [0, 0.05) is 43.9 Å². The highest BCUT2D eigenvalue weighted by Gasteiger charge is 2.39. The van der Waals surface area contributed by atoms with Crippen LogP contribution < -0.4 is 10.2 Å². The SMILES string of the molecule is Cc1cc(NC(=O)[C@@H]2Cc3ccc(N(C)C)cc3CN2C(=O)C(C)(C)C)c(C)c(C)c1O. The number of carbonyl (C=O) groups excluding carboxylic acids is 2. The molecule has 2 N–H and O–H groups in total. The average molecular weight is 438 g/mol. The van der Waals surface area contributed by atoms with Crippen LogP contribution in [0.5, 0.6) is 5.75 Å². The molecule has 6 nitrogen and oxygen atoms in total. The van der Waals surface area contributed by atoms with Crippen LogP contribution in [0.3, 0.4) is 0 Å². The van der Waals surface area contributed by atoms with Crippen molar-refractivity contribution in [3.8, 4) is 5.75 Å². The minimum absolute atomic E-state index is 0.0478. The summed E-state index contributed by atoms with van der Waals surface area (Å²) in [5, 5.41) is 13.2. The smallest absolute Gasteiger partial charge is 0.247 e. The maximum absolute atomic E-state index is 13.5. The van der Waals surface area contributed by atoms with Crippen molar-refractivity contribution in [2.75, 3.05) is 24.3 Å². The molecular weight excluding hydrogens is 402 g/mol. The van der Waals surface area contributed by atoms with Gasteiger partial charge in [-0.3, -0.25) is 9.59 Å². The maximum atomic E-state index is 13.5. The summed E-state index contributed by atoms with van der Waals surface area (Å²) in [6, 6.07) is 7.39. The van der Waals surface area contributed by atoms with Gasteiger partial charge in [-0.15, -0.1) is 0 Å². The largest absolute Gasteiger partial charge is 0.507 e. The van der Waals surface area contributed by atoms with E-state index in [0.717, 1.165) is 27.9 Å². The van der Waals surface area contributed by atoms with Gasteiger partial charge < -0.3 is 20.2 Å². The second-order valence-electron chi connectivity index (χ2n) is 10.1. The van der Waals surface area contributed by atoms with E-state index >= 15 is 0 Å². The van der Waals surface area contributed by atoms with Crippen LogP contribution in [0.25, 0.3) is 0 Å². The summed E-state index contributed by atoms with van der Waals surface area (Å²) in [4.78, 5) is 30.6. The summed E-state index contributed by atoms with van der Waals surface area (Å²) in [5.41, 5.74) is 5.57. The molecule has 6 heteroatoms. The zero-order valence-electron chi connectivity index (χ0n) is 20.5. The number of nitrogens with zero attached hydrogens (tertiary/aromatic N) is 2. The lowest BCUT2D eigenvalue weighted by molar-refractivity contribution is -0.146. The highest BCUT2D eigenvalue weighted by atomic mass is 16.3. The van der Waals surface area contributed by atoms with Crippen molar-refractivity contribution >= 4 is 23.2 Å². The molecule has 1 aliphatic heterocycles. The molecule has 32 heavy (non-hydrogen) atoms. The molecule has 172 valence electrons. The average Bonchev–Trinajstić information content (AvgIpc) is 2.73. The number of anilines is 2. The summed E-state index contributed by atoms with van der Waals surface area (Å²) in [6.45, 7) is 11.6. The van der Waals surface area contributed by atoms with Gasteiger partial charge in [0.05, 0.1) is 0 Å². The molecule has 1 heterocycles. The first kappa shape index (κ1) is 23.6. The van der Waals surface area contributed by atoms with Gasteiger partial charge in [-0.05, 0) is 66.8 Å². The van der Waals surface area contributed by atoms with Gasteiger partial charge in [0.1, 0.15) is 11.8 Å². The summed E-state index contributed by atoms with van der Waals surface area (Å²) < 4.78 is 0. The third-order valence-corrected chi connectivity index (χ3v) is 6.36. The van der Waals surface area contributed by atoms with Crippen molar-refractivity contribution in [3.63, 3.8) is 0 Å². The van der Waals surface area contributed by atoms with E-state index < -0.39 is 11.5 Å². The van der Waals surface area contributed by atoms with E-state index in [1.165, 1.54) is 0 Å². The van der Waals surface area contributed by atoms with Gasteiger partial charge in [0.15, 0.2) is 0 Å². The number of phenolic OH excluding ortho intramolecular Hbond substituents is 1. The van der Waals surface area contributed by atoms with Crippen LogP contribution in [0.1, 0.15) is 48.6 Å². The number of phenols is 1. The van der Waals surface area contributed by atoms with Crippen molar-refractivity contribution in [3.05, 3.63) is 52.1 Å². The van der Waals surface area contributed by atoms with Gasteiger partial charge in [0.25, 0.3) is 0 Å². The molecule has 2 aromatic rings. The number of aryl methyl sites for hydroxylation is 1. The van der Waals surface area contributed by atoms with Crippen LogP contribution in [0.4, 0.5) is 11.4 Å². The first-order chi connectivity index (χ1) is 14.8. The lowest BCUT2D eigenvalue weighted by Gasteiger charge is -2.39. The Bertz CT molecular complexity index is 1070. The standard InChI is InChI=1S/C26H35N3O3/c1-15-11-21(16(2)17(3)23(15)30)27-24(31)22-13-18-9-10-20(28(7)8)12-19(18)14-29(22)25(32)26(4,5)6/h9-12,22,30H,13-14H2,1-8H3,(H,27,31)/t22-/m0/s1. The minimum atomic E-state index is -0.603. The fourth-order valence-electron chi connectivity index (χ4n) is 4.14. The number of aromatic hydroxyl groups is 1. The van der Waals surface area contributed by atoms with E-state index in [0.29, 0.717) is 24.2 Å². The Hall–Kier alpha value is -3.02. The molecule has 0 saturated carbocycles. The predicted molar refractivity (Wildman–Crippen MR) is 129 cm³/mol. The number of rotatable bonds is 3. The molecule has 2 aromatic carbocycles. The Labute approximate surface area is 191 Å². The quantitative estimate of drug-likeness (QED) is 0.702. The van der Waals surface area contributed by atoms with E-state index in [1.54, 1.807) is 11.0 Å². The van der Waals surface area contributed by atoms with Crippen LogP contribution in [0, 0.1) is 26.2 Å². The summed E-state index contributed by atoms with van der Waals surface area (Å²) in [7, 11) is 3.98. The molecule has 0 unspecified atom stereocenters. The molecule has 0 saturated heterocycles. The lowest BCUT2D eigenvalue weighted by Crippen LogP contribution is -2.53. The molecule has 0 spiro atoms. The molecule has 1 aliphatic rings. The Morgan fingerprint density at radius 1 is 1.06 bits per heavy atom. The van der Waals surface area contributed by atoms with Crippen LogP contribution in [0.15, 0.2) is 24.3 Å². The zero-order valence-corrected chi connectivity index (χ0v) is 20.5. The number of amides is 2. The number of benzene rings is 2. The topological polar surface area (TPSA) is 72.9 Å². The highest BCUT2D eigenvalue weighted by Crippen LogP contribution is 2.33. The lowest BCUT2D eigenvalue weighted by atomic mass is 9.88. The molecule has 0 radical (unpaired) electrons. The predicted octanol–water partition coefficient (Wildman–Crippen LogP) is 4.32. The fraction of sp³-hybridized carbons (Fsp3) is 0.462. The first-order valence-corrected chi connectivity index (χ1v) is 11.0. The van der Waals surface area contributed by atoms with Gasteiger partial charge >= 0.3 is 0 Å². The number of fused-ring (bicyclic) bond motifs is 1. The van der Waals surface area contributed by atoms with Gasteiger partial charge in [-0.1, -0.05) is 26.8 Å². The summed E-state index contributed by atoms with van der Waals surface area (Å²) in [6.07, 6.45) is 0.464.